The molecular weight excluding hydrogens is 863 g/mol. The summed E-state index contributed by atoms with van der Waals surface area (Å²) in [5.74, 6) is -3.06. The number of carboxylic acid groups (broad SMARTS) is 1. The van der Waals surface area contributed by atoms with Gasteiger partial charge in [0.05, 0.1) is 20.6 Å². The normalized spacial score (nSPS) is 12.6. The SMILES string of the molecule is C=CCOC(=O)C[C@H](NC(=O)OCC1c2ccccc2-c2ccccc21)C(=O)N([C@@H](CCC(=O)NCc1ccc(OC)cc1OC)C(=O)O)C(c1ccccc1)(c1ccccc1)c1ccccc1. The van der Waals surface area contributed by atoms with Crippen molar-refractivity contribution < 1.29 is 48.0 Å². The predicted octanol–water partition coefficient (Wildman–Crippen LogP) is 8.40. The van der Waals surface area contributed by atoms with E-state index in [1.54, 1.807) is 109 Å². The number of carboxylic acids is 1. The molecule has 13 heteroatoms. The van der Waals surface area contributed by atoms with E-state index in [4.69, 9.17) is 18.9 Å². The number of nitrogens with one attached hydrogen (secondary N) is 2. The molecule has 1 aliphatic carbocycles. The van der Waals surface area contributed by atoms with Crippen LogP contribution in [0.4, 0.5) is 4.79 Å². The molecule has 0 aromatic heterocycles. The fourth-order valence-corrected chi connectivity index (χ4v) is 8.95. The number of benzene rings is 6. The first-order valence-corrected chi connectivity index (χ1v) is 22.2. The van der Waals surface area contributed by atoms with E-state index in [1.807, 2.05) is 48.5 Å². The van der Waals surface area contributed by atoms with Gasteiger partial charge in [0, 0.05) is 30.5 Å². The number of fused-ring (bicyclic) bond motifs is 3. The van der Waals surface area contributed by atoms with Crippen LogP contribution < -0.4 is 20.1 Å². The summed E-state index contributed by atoms with van der Waals surface area (Å²) in [7, 11) is 3.02. The Morgan fingerprint density at radius 2 is 1.26 bits per heavy atom. The maximum absolute atomic E-state index is 16.0. The fraction of sp³-hybridized carbons (Fsp3) is 0.218. The highest BCUT2D eigenvalue weighted by atomic mass is 16.6. The van der Waals surface area contributed by atoms with Gasteiger partial charge in [-0.1, -0.05) is 152 Å². The van der Waals surface area contributed by atoms with Crippen molar-refractivity contribution >= 4 is 29.8 Å². The van der Waals surface area contributed by atoms with Crippen LogP contribution in [0.15, 0.2) is 170 Å². The van der Waals surface area contributed by atoms with Crippen molar-refractivity contribution in [1.82, 2.24) is 15.5 Å². The third kappa shape index (κ3) is 10.4. The number of aliphatic carboxylic acids is 1. The van der Waals surface area contributed by atoms with E-state index in [-0.39, 0.29) is 38.5 Å². The Labute approximate surface area is 395 Å². The average Bonchev–Trinajstić information content (AvgIpc) is 3.70. The van der Waals surface area contributed by atoms with Crippen LogP contribution in [-0.2, 0) is 40.7 Å². The third-order valence-electron chi connectivity index (χ3n) is 12.1. The van der Waals surface area contributed by atoms with Crippen LogP contribution in [0.1, 0.15) is 58.6 Å². The number of carbonyl (C=O) groups is 5. The molecule has 6 aromatic carbocycles. The Kier molecular flexibility index (Phi) is 15.7. The molecule has 7 rings (SSSR count). The van der Waals surface area contributed by atoms with Crippen molar-refractivity contribution in [2.75, 3.05) is 27.4 Å². The van der Waals surface area contributed by atoms with Gasteiger partial charge < -0.3 is 39.6 Å². The minimum Gasteiger partial charge on any atom is -0.497 e. The molecule has 348 valence electrons. The van der Waals surface area contributed by atoms with Crippen LogP contribution in [0.25, 0.3) is 11.1 Å². The van der Waals surface area contributed by atoms with Crippen LogP contribution in [0.3, 0.4) is 0 Å². The lowest BCUT2D eigenvalue weighted by molar-refractivity contribution is -0.157. The smallest absolute Gasteiger partial charge is 0.407 e. The molecule has 68 heavy (non-hydrogen) atoms. The summed E-state index contributed by atoms with van der Waals surface area (Å²) in [6.07, 6.45) is -1.11. The van der Waals surface area contributed by atoms with Crippen molar-refractivity contribution in [1.29, 1.82) is 0 Å². The Balaban J connectivity index is 1.30. The minimum absolute atomic E-state index is 0.0489. The predicted molar refractivity (Wildman–Crippen MR) is 256 cm³/mol. The Morgan fingerprint density at radius 1 is 0.721 bits per heavy atom. The maximum atomic E-state index is 16.0. The summed E-state index contributed by atoms with van der Waals surface area (Å²) < 4.78 is 22.1. The van der Waals surface area contributed by atoms with Gasteiger partial charge in [-0.05, 0) is 57.5 Å². The molecule has 2 atom stereocenters. The lowest BCUT2D eigenvalue weighted by atomic mass is 9.74. The molecule has 0 aliphatic heterocycles. The van der Waals surface area contributed by atoms with Gasteiger partial charge >= 0.3 is 18.0 Å². The molecule has 0 bridgehead atoms. The van der Waals surface area contributed by atoms with Gasteiger partial charge in [-0.2, -0.15) is 0 Å². The van der Waals surface area contributed by atoms with E-state index in [9.17, 15) is 24.3 Å². The zero-order valence-electron chi connectivity index (χ0n) is 37.8. The van der Waals surface area contributed by atoms with E-state index in [0.717, 1.165) is 22.3 Å². The first-order valence-electron chi connectivity index (χ1n) is 22.2. The average molecular weight is 916 g/mol. The second-order valence-corrected chi connectivity index (χ2v) is 16.1. The Hall–Kier alpha value is -8.19. The van der Waals surface area contributed by atoms with Crippen LogP contribution in [0.5, 0.6) is 11.5 Å². The standard InChI is InChI=1S/C55H53N3O10/c1-4-32-67-51(60)34-47(57-54(64)68-36-46-44-26-16-14-24-42(44)43-25-15-17-27-45(43)46)52(61)58(48(53(62)63)30-31-50(59)56-35-37-28-29-41(65-2)33-49(37)66-3)55(38-18-8-5-9-19-38,39-20-10-6-11-21-39)40-22-12-7-13-23-40/h4-29,33,46-48H,1,30-32,34-36H2,2-3H3,(H,56,59)(H,57,64)(H,62,63)/t47-,48-/m0/s1. The van der Waals surface area contributed by atoms with E-state index in [2.05, 4.69) is 17.2 Å². The monoisotopic (exact) mass is 915 g/mol. The zero-order valence-corrected chi connectivity index (χ0v) is 37.8. The van der Waals surface area contributed by atoms with Gasteiger partial charge in [0.15, 0.2) is 0 Å². The number of hydrogen-bond acceptors (Lipinski definition) is 9. The molecule has 13 nitrogen and oxygen atoms in total. The van der Waals surface area contributed by atoms with Crippen molar-refractivity contribution in [2.45, 2.75) is 49.3 Å². The van der Waals surface area contributed by atoms with Crippen molar-refractivity contribution in [3.05, 3.63) is 204 Å². The zero-order chi connectivity index (χ0) is 48.0. The number of methoxy groups -OCH3 is 2. The molecule has 0 radical (unpaired) electrons. The van der Waals surface area contributed by atoms with Crippen LogP contribution in [0.2, 0.25) is 0 Å². The molecule has 6 aromatic rings. The van der Waals surface area contributed by atoms with Gasteiger partial charge in [0.1, 0.15) is 42.3 Å². The number of carbonyl (C=O) groups excluding carboxylic acids is 4. The molecule has 0 heterocycles. The Bertz CT molecular complexity index is 2590. The molecule has 0 fully saturated rings. The lowest BCUT2D eigenvalue weighted by Gasteiger charge is -2.49. The summed E-state index contributed by atoms with van der Waals surface area (Å²) in [5.41, 5.74) is 4.31. The second kappa shape index (κ2) is 22.3. The summed E-state index contributed by atoms with van der Waals surface area (Å²) in [6, 6.07) is 44.0. The summed E-state index contributed by atoms with van der Waals surface area (Å²) in [5, 5.41) is 16.9. The lowest BCUT2D eigenvalue weighted by Crippen LogP contribution is -2.63. The summed E-state index contributed by atoms with van der Waals surface area (Å²) in [6.45, 7) is 3.37. The largest absolute Gasteiger partial charge is 0.497 e. The topological polar surface area (TPSA) is 170 Å². The minimum atomic E-state index is -1.75. The molecule has 0 spiro atoms. The molecule has 1 aliphatic rings. The molecule has 0 unspecified atom stereocenters. The van der Waals surface area contributed by atoms with Crippen LogP contribution in [0, 0.1) is 0 Å². The number of esters is 1. The van der Waals surface area contributed by atoms with Gasteiger partial charge in [-0.15, -0.1) is 0 Å². The first-order chi connectivity index (χ1) is 33.1. The van der Waals surface area contributed by atoms with E-state index in [1.165, 1.54) is 25.2 Å². The number of hydrogen-bond donors (Lipinski definition) is 3. The number of nitrogens with zero attached hydrogens (tertiary/aromatic N) is 1. The summed E-state index contributed by atoms with van der Waals surface area (Å²) in [4.78, 5) is 72.7. The number of alkyl carbamates (subject to hydrolysis) is 1. The number of ether oxygens (including phenoxy) is 4. The maximum Gasteiger partial charge on any atom is 0.407 e. The number of amides is 3. The highest BCUT2D eigenvalue weighted by Crippen LogP contribution is 2.46. The van der Waals surface area contributed by atoms with Gasteiger partial charge in [0.25, 0.3) is 0 Å². The molecule has 0 saturated carbocycles. The highest BCUT2D eigenvalue weighted by molar-refractivity contribution is 5.94. The first kappa shape index (κ1) is 47.8. The highest BCUT2D eigenvalue weighted by Gasteiger charge is 2.51. The van der Waals surface area contributed by atoms with Crippen molar-refractivity contribution in [3.8, 4) is 22.6 Å². The van der Waals surface area contributed by atoms with Crippen molar-refractivity contribution in [2.24, 2.45) is 0 Å². The van der Waals surface area contributed by atoms with Crippen LogP contribution in [-0.4, -0.2) is 79.4 Å². The molecule has 3 N–H and O–H groups in total. The van der Waals surface area contributed by atoms with E-state index in [0.29, 0.717) is 33.8 Å². The molecule has 0 saturated heterocycles. The third-order valence-corrected chi connectivity index (χ3v) is 12.1. The summed E-state index contributed by atoms with van der Waals surface area (Å²) >= 11 is 0. The fourth-order valence-electron chi connectivity index (χ4n) is 8.95. The molecule has 3 amide bonds. The Morgan fingerprint density at radius 3 is 1.78 bits per heavy atom. The molecular formula is C55H53N3O10. The quantitative estimate of drug-likeness (QED) is 0.0362. The van der Waals surface area contributed by atoms with Gasteiger partial charge in [0.2, 0.25) is 11.8 Å². The van der Waals surface area contributed by atoms with Crippen molar-refractivity contribution in [3.63, 3.8) is 0 Å². The van der Waals surface area contributed by atoms with E-state index >= 15 is 4.79 Å². The van der Waals surface area contributed by atoms with E-state index < -0.39 is 53.9 Å². The van der Waals surface area contributed by atoms with Crippen LogP contribution >= 0.6 is 0 Å². The van der Waals surface area contributed by atoms with Gasteiger partial charge in [-0.3, -0.25) is 14.4 Å². The second-order valence-electron chi connectivity index (χ2n) is 16.1. The van der Waals surface area contributed by atoms with Gasteiger partial charge in [-0.25, -0.2) is 9.59 Å². The number of rotatable bonds is 21.